The first-order valence-electron chi connectivity index (χ1n) is 11.5. The van der Waals surface area contributed by atoms with Crippen molar-refractivity contribution in [1.29, 1.82) is 0 Å². The van der Waals surface area contributed by atoms with Crippen LogP contribution in [0.25, 0.3) is 0 Å². The van der Waals surface area contributed by atoms with Crippen LogP contribution in [-0.4, -0.2) is 5.11 Å². The Hall–Kier alpha value is -1.51. The highest BCUT2D eigenvalue weighted by atomic mass is 16.4. The fraction of sp³-hybridized carbons (Fsp3) is 0.720. The third-order valence-electron chi connectivity index (χ3n) is 5.32. The Morgan fingerprint density at radius 2 is 1.39 bits per heavy atom. The fourth-order valence-corrected chi connectivity index (χ4v) is 3.49. The molecule has 0 fully saturated rings. The van der Waals surface area contributed by atoms with Crippen LogP contribution in [0.5, 0.6) is 5.75 Å². The Bertz CT molecular complexity index is 609. The fourth-order valence-electron chi connectivity index (χ4n) is 3.49. The molecule has 1 aromatic rings. The molecule has 1 N–H and O–H groups in total. The van der Waals surface area contributed by atoms with Gasteiger partial charge < -0.3 is 9.52 Å². The van der Waals surface area contributed by atoms with Crippen LogP contribution in [0.2, 0.25) is 0 Å². The molecule has 0 unspecified atom stereocenters. The summed E-state index contributed by atoms with van der Waals surface area (Å²) in [6, 6.07) is 1.62. The first-order valence-corrected chi connectivity index (χ1v) is 11.5. The van der Waals surface area contributed by atoms with Crippen LogP contribution in [0, 0.1) is 0 Å². The summed E-state index contributed by atoms with van der Waals surface area (Å²) in [6.07, 6.45) is 20.2. The van der Waals surface area contributed by atoms with Crippen LogP contribution in [-0.2, 0) is 12.8 Å². The van der Waals surface area contributed by atoms with Crippen LogP contribution in [0.3, 0.4) is 0 Å². The molecule has 0 saturated carbocycles. The zero-order chi connectivity index (χ0) is 20.6. The van der Waals surface area contributed by atoms with E-state index in [9.17, 15) is 9.90 Å². The second kappa shape index (κ2) is 15.4. The monoisotopic (exact) mass is 390 g/mol. The number of hydrogen-bond acceptors (Lipinski definition) is 3. The Morgan fingerprint density at radius 3 is 1.86 bits per heavy atom. The predicted octanol–water partition coefficient (Wildman–Crippen LogP) is 7.49. The lowest BCUT2D eigenvalue weighted by Crippen LogP contribution is -2.08. The van der Waals surface area contributed by atoms with Gasteiger partial charge in [0.1, 0.15) is 11.5 Å². The van der Waals surface area contributed by atoms with Gasteiger partial charge in [0.05, 0.1) is 5.56 Å². The Kier molecular flexibility index (Phi) is 13.5. The van der Waals surface area contributed by atoms with Crippen molar-refractivity contribution in [2.45, 2.75) is 117 Å². The number of hydrogen-bond donors (Lipinski definition) is 1. The number of unbranched alkanes of at least 4 members (excludes halogenated alkanes) is 12. The maximum atomic E-state index is 12.1. The van der Waals surface area contributed by atoms with E-state index in [1.54, 1.807) is 6.07 Å². The van der Waals surface area contributed by atoms with E-state index in [0.717, 1.165) is 24.8 Å². The summed E-state index contributed by atoms with van der Waals surface area (Å²) < 4.78 is 5.38. The third-order valence-corrected chi connectivity index (χ3v) is 5.32. The van der Waals surface area contributed by atoms with Crippen molar-refractivity contribution in [3.63, 3.8) is 0 Å². The highest BCUT2D eigenvalue weighted by molar-refractivity contribution is 5.32. The first kappa shape index (κ1) is 24.5. The molecule has 0 aliphatic heterocycles. The number of aryl methyl sites for hydroxylation is 1. The first-order chi connectivity index (χ1) is 13.5. The molecule has 3 nitrogen and oxygen atoms in total. The highest BCUT2D eigenvalue weighted by Crippen LogP contribution is 2.19. The topological polar surface area (TPSA) is 50.4 Å². The van der Waals surface area contributed by atoms with Gasteiger partial charge in [0.2, 0.25) is 0 Å². The third kappa shape index (κ3) is 11.4. The van der Waals surface area contributed by atoms with E-state index < -0.39 is 5.63 Å². The van der Waals surface area contributed by atoms with Gasteiger partial charge in [-0.15, -0.1) is 0 Å². The molecule has 1 heterocycles. The highest BCUT2D eigenvalue weighted by Gasteiger charge is 2.10. The van der Waals surface area contributed by atoms with Gasteiger partial charge in [-0.05, 0) is 20.3 Å². The maximum absolute atomic E-state index is 12.1. The second-order valence-electron chi connectivity index (χ2n) is 8.34. The SMILES string of the molecule is CCCCCCCCCCCCCCCc1cc(O)c(CC=C(C)C)c(=O)o1. The molecule has 3 heteroatoms. The average Bonchev–Trinajstić information content (AvgIpc) is 2.64. The number of rotatable bonds is 16. The molecule has 0 aliphatic rings. The van der Waals surface area contributed by atoms with Gasteiger partial charge >= 0.3 is 5.63 Å². The zero-order valence-corrected chi connectivity index (χ0v) is 18.5. The minimum Gasteiger partial charge on any atom is -0.507 e. The largest absolute Gasteiger partial charge is 0.507 e. The van der Waals surface area contributed by atoms with Gasteiger partial charge in [0.25, 0.3) is 0 Å². The van der Waals surface area contributed by atoms with Crippen LogP contribution in [0.15, 0.2) is 26.9 Å². The summed E-state index contributed by atoms with van der Waals surface area (Å²) in [5.74, 6) is 0.671. The zero-order valence-electron chi connectivity index (χ0n) is 18.5. The van der Waals surface area contributed by atoms with Crippen molar-refractivity contribution in [3.8, 4) is 5.75 Å². The lowest BCUT2D eigenvalue weighted by atomic mass is 10.0. The molecule has 28 heavy (non-hydrogen) atoms. The Morgan fingerprint density at radius 1 is 0.893 bits per heavy atom. The van der Waals surface area contributed by atoms with Crippen LogP contribution < -0.4 is 5.63 Å². The lowest BCUT2D eigenvalue weighted by Gasteiger charge is -2.05. The molecule has 0 radical (unpaired) electrons. The van der Waals surface area contributed by atoms with Crippen molar-refractivity contribution in [2.75, 3.05) is 0 Å². The second-order valence-corrected chi connectivity index (χ2v) is 8.34. The van der Waals surface area contributed by atoms with Crippen molar-refractivity contribution in [3.05, 3.63) is 39.5 Å². The van der Waals surface area contributed by atoms with Gasteiger partial charge in [-0.25, -0.2) is 4.79 Å². The molecule has 1 aromatic heterocycles. The van der Waals surface area contributed by atoms with E-state index in [0.29, 0.717) is 17.7 Å². The molecule has 0 bridgehead atoms. The van der Waals surface area contributed by atoms with E-state index in [-0.39, 0.29) is 5.75 Å². The van der Waals surface area contributed by atoms with E-state index in [2.05, 4.69) is 6.92 Å². The van der Waals surface area contributed by atoms with E-state index in [1.807, 2.05) is 19.9 Å². The summed E-state index contributed by atoms with van der Waals surface area (Å²) in [4.78, 5) is 12.1. The van der Waals surface area contributed by atoms with Crippen molar-refractivity contribution >= 4 is 0 Å². The van der Waals surface area contributed by atoms with Crippen molar-refractivity contribution < 1.29 is 9.52 Å². The van der Waals surface area contributed by atoms with Crippen molar-refractivity contribution in [1.82, 2.24) is 0 Å². The molecule has 1 rings (SSSR count). The average molecular weight is 391 g/mol. The van der Waals surface area contributed by atoms with Crippen molar-refractivity contribution in [2.24, 2.45) is 0 Å². The number of allylic oxidation sites excluding steroid dienone is 2. The molecular formula is C25H42O3. The quantitative estimate of drug-likeness (QED) is 0.235. The summed E-state index contributed by atoms with van der Waals surface area (Å²) in [5, 5.41) is 10.1. The number of aromatic hydroxyl groups is 1. The molecule has 0 aliphatic carbocycles. The van der Waals surface area contributed by atoms with E-state index in [4.69, 9.17) is 4.42 Å². The van der Waals surface area contributed by atoms with Gasteiger partial charge in [0, 0.05) is 18.9 Å². The van der Waals surface area contributed by atoms with E-state index in [1.165, 1.54) is 70.6 Å². The van der Waals surface area contributed by atoms with Gasteiger partial charge in [-0.1, -0.05) is 95.6 Å². The summed E-state index contributed by atoms with van der Waals surface area (Å²) >= 11 is 0. The molecule has 160 valence electrons. The summed E-state index contributed by atoms with van der Waals surface area (Å²) in [5.41, 5.74) is 1.08. The van der Waals surface area contributed by atoms with Crippen LogP contribution >= 0.6 is 0 Å². The van der Waals surface area contributed by atoms with Crippen LogP contribution in [0.1, 0.15) is 116 Å². The van der Waals surface area contributed by atoms with E-state index >= 15 is 0 Å². The Balaban J connectivity index is 2.10. The Labute approximate surface area is 172 Å². The van der Waals surface area contributed by atoms with Gasteiger partial charge in [-0.2, -0.15) is 0 Å². The summed E-state index contributed by atoms with van der Waals surface area (Å²) in [6.45, 7) is 6.21. The lowest BCUT2D eigenvalue weighted by molar-refractivity contribution is 0.409. The molecule has 0 atom stereocenters. The van der Waals surface area contributed by atoms with Gasteiger partial charge in [0.15, 0.2) is 0 Å². The molecular weight excluding hydrogens is 348 g/mol. The standard InChI is InChI=1S/C25H42O3/c1-4-5-6-7-8-9-10-11-12-13-14-15-16-17-22-20-24(26)23(25(27)28-22)19-18-21(2)3/h18,20,26H,4-17,19H2,1-3H3. The smallest absolute Gasteiger partial charge is 0.343 e. The molecule has 0 spiro atoms. The molecule has 0 amide bonds. The maximum Gasteiger partial charge on any atom is 0.343 e. The van der Waals surface area contributed by atoms with Crippen LogP contribution in [0.4, 0.5) is 0 Å². The minimum absolute atomic E-state index is 0.0680. The normalized spacial score (nSPS) is 11.0. The summed E-state index contributed by atoms with van der Waals surface area (Å²) in [7, 11) is 0. The predicted molar refractivity (Wildman–Crippen MR) is 119 cm³/mol. The molecule has 0 saturated heterocycles. The van der Waals surface area contributed by atoms with Gasteiger partial charge in [-0.3, -0.25) is 0 Å². The minimum atomic E-state index is -0.401. The molecule has 0 aromatic carbocycles.